The molecule has 3 nitrogen and oxygen atoms in total. The van der Waals surface area contributed by atoms with Crippen molar-refractivity contribution in [1.29, 1.82) is 0 Å². The second-order valence-corrected chi connectivity index (χ2v) is 5.68. The lowest BCUT2D eigenvalue weighted by Gasteiger charge is -2.30. The summed E-state index contributed by atoms with van der Waals surface area (Å²) in [6.45, 7) is 1.96. The molecule has 0 aliphatic carbocycles. The van der Waals surface area contributed by atoms with Gasteiger partial charge in [-0.2, -0.15) is 0 Å². The summed E-state index contributed by atoms with van der Waals surface area (Å²) in [5, 5.41) is 11.1. The van der Waals surface area contributed by atoms with E-state index in [0.29, 0.717) is 22.9 Å². The summed E-state index contributed by atoms with van der Waals surface area (Å²) in [5.74, 6) is 1.41. The van der Waals surface area contributed by atoms with Crippen LogP contribution in [0.4, 0.5) is 0 Å². The first kappa shape index (κ1) is 14.2. The normalized spacial score (nSPS) is 20.6. The first-order chi connectivity index (χ1) is 10.1. The van der Waals surface area contributed by atoms with Gasteiger partial charge in [0.05, 0.1) is 13.2 Å². The summed E-state index contributed by atoms with van der Waals surface area (Å²) in [6.07, 6.45) is -0.271. The first-order valence-corrected chi connectivity index (χ1v) is 7.25. The van der Waals surface area contributed by atoms with Gasteiger partial charge in [-0.3, -0.25) is 0 Å². The molecule has 1 N–H and O–H groups in total. The van der Waals surface area contributed by atoms with Crippen LogP contribution in [0.25, 0.3) is 0 Å². The molecule has 110 valence electrons. The molecule has 4 heteroatoms. The largest absolute Gasteiger partial charge is 0.497 e. The summed E-state index contributed by atoms with van der Waals surface area (Å²) in [6, 6.07) is 11.3. The SMILES string of the molecule is COc1ccc2c(c1)[C@@H](O)CC(c1ccc(C)c(Cl)c1)O2. The van der Waals surface area contributed by atoms with Gasteiger partial charge >= 0.3 is 0 Å². The highest BCUT2D eigenvalue weighted by Gasteiger charge is 2.28. The van der Waals surface area contributed by atoms with Crippen LogP contribution in [-0.2, 0) is 0 Å². The number of hydrogen-bond donors (Lipinski definition) is 1. The fourth-order valence-electron chi connectivity index (χ4n) is 2.57. The number of fused-ring (bicyclic) bond motifs is 1. The highest BCUT2D eigenvalue weighted by atomic mass is 35.5. The van der Waals surface area contributed by atoms with Gasteiger partial charge in [-0.05, 0) is 42.3 Å². The third kappa shape index (κ3) is 2.71. The lowest BCUT2D eigenvalue weighted by Crippen LogP contribution is -2.19. The molecule has 1 aliphatic heterocycles. The molecule has 0 fully saturated rings. The Labute approximate surface area is 129 Å². The smallest absolute Gasteiger partial charge is 0.127 e. The number of rotatable bonds is 2. The average molecular weight is 305 g/mol. The number of halogens is 1. The van der Waals surface area contributed by atoms with Crippen molar-refractivity contribution in [3.05, 3.63) is 58.1 Å². The van der Waals surface area contributed by atoms with Gasteiger partial charge in [-0.25, -0.2) is 0 Å². The van der Waals surface area contributed by atoms with Crippen LogP contribution in [0.15, 0.2) is 36.4 Å². The van der Waals surface area contributed by atoms with Gasteiger partial charge in [0, 0.05) is 17.0 Å². The van der Waals surface area contributed by atoms with Crippen molar-refractivity contribution in [1.82, 2.24) is 0 Å². The maximum Gasteiger partial charge on any atom is 0.127 e. The van der Waals surface area contributed by atoms with Crippen LogP contribution < -0.4 is 9.47 Å². The van der Waals surface area contributed by atoms with E-state index >= 15 is 0 Å². The van der Waals surface area contributed by atoms with Crippen molar-refractivity contribution in [2.45, 2.75) is 25.6 Å². The minimum absolute atomic E-state index is 0.195. The average Bonchev–Trinajstić information content (AvgIpc) is 2.49. The van der Waals surface area contributed by atoms with Crippen LogP contribution in [-0.4, -0.2) is 12.2 Å². The van der Waals surface area contributed by atoms with Crippen molar-refractivity contribution in [3.8, 4) is 11.5 Å². The molecule has 0 radical (unpaired) electrons. The molecule has 2 aromatic rings. The quantitative estimate of drug-likeness (QED) is 0.903. The maximum absolute atomic E-state index is 10.4. The number of hydrogen-bond acceptors (Lipinski definition) is 3. The Hall–Kier alpha value is -1.71. The summed E-state index contributed by atoms with van der Waals surface area (Å²) < 4.78 is 11.2. The Morgan fingerprint density at radius 1 is 1.24 bits per heavy atom. The lowest BCUT2D eigenvalue weighted by atomic mass is 9.94. The van der Waals surface area contributed by atoms with E-state index in [0.717, 1.165) is 16.7 Å². The fraction of sp³-hybridized carbons (Fsp3) is 0.294. The third-order valence-electron chi connectivity index (χ3n) is 3.85. The van der Waals surface area contributed by atoms with E-state index < -0.39 is 6.10 Å². The molecule has 1 unspecified atom stereocenters. The molecule has 1 heterocycles. The third-order valence-corrected chi connectivity index (χ3v) is 4.26. The van der Waals surface area contributed by atoms with E-state index in [1.165, 1.54) is 0 Å². The molecular weight excluding hydrogens is 288 g/mol. The van der Waals surface area contributed by atoms with Crippen molar-refractivity contribution in [3.63, 3.8) is 0 Å². The van der Waals surface area contributed by atoms with Crippen molar-refractivity contribution >= 4 is 11.6 Å². The number of ether oxygens (including phenoxy) is 2. The van der Waals surface area contributed by atoms with Crippen molar-refractivity contribution < 1.29 is 14.6 Å². The van der Waals surface area contributed by atoms with E-state index in [9.17, 15) is 5.11 Å². The topological polar surface area (TPSA) is 38.7 Å². The molecule has 0 bridgehead atoms. The van der Waals surface area contributed by atoms with Gasteiger partial charge < -0.3 is 14.6 Å². The summed E-state index contributed by atoms with van der Waals surface area (Å²) >= 11 is 6.17. The van der Waals surface area contributed by atoms with Crippen molar-refractivity contribution in [2.75, 3.05) is 7.11 Å². The van der Waals surface area contributed by atoms with E-state index in [2.05, 4.69) is 0 Å². The van der Waals surface area contributed by atoms with Crippen LogP contribution in [0.3, 0.4) is 0 Å². The minimum Gasteiger partial charge on any atom is -0.497 e. The molecule has 0 saturated heterocycles. The monoisotopic (exact) mass is 304 g/mol. The van der Waals surface area contributed by atoms with E-state index in [1.54, 1.807) is 7.11 Å². The van der Waals surface area contributed by atoms with Gasteiger partial charge in [0.2, 0.25) is 0 Å². The number of methoxy groups -OCH3 is 1. The first-order valence-electron chi connectivity index (χ1n) is 6.87. The van der Waals surface area contributed by atoms with Crippen LogP contribution in [0, 0.1) is 6.92 Å². The maximum atomic E-state index is 10.4. The number of aryl methyl sites for hydroxylation is 1. The van der Waals surface area contributed by atoms with E-state index in [1.807, 2.05) is 43.3 Å². The van der Waals surface area contributed by atoms with Crippen LogP contribution in [0.2, 0.25) is 5.02 Å². The second kappa shape index (κ2) is 5.58. The molecule has 0 saturated carbocycles. The predicted molar refractivity (Wildman–Crippen MR) is 82.1 cm³/mol. The number of aliphatic hydroxyl groups excluding tert-OH is 1. The highest BCUT2D eigenvalue weighted by Crippen LogP contribution is 2.42. The molecule has 0 amide bonds. The summed E-state index contributed by atoms with van der Waals surface area (Å²) in [4.78, 5) is 0. The van der Waals surface area contributed by atoms with Crippen molar-refractivity contribution in [2.24, 2.45) is 0 Å². The summed E-state index contributed by atoms with van der Waals surface area (Å²) in [5.41, 5.74) is 2.77. The Morgan fingerprint density at radius 3 is 2.76 bits per heavy atom. The van der Waals surface area contributed by atoms with Gasteiger partial charge in [0.1, 0.15) is 17.6 Å². The molecule has 21 heavy (non-hydrogen) atoms. The predicted octanol–water partition coefficient (Wildman–Crippen LogP) is 4.21. The Morgan fingerprint density at radius 2 is 2.05 bits per heavy atom. The Bertz CT molecular complexity index is 669. The van der Waals surface area contributed by atoms with Gasteiger partial charge in [0.15, 0.2) is 0 Å². The molecule has 2 aromatic carbocycles. The summed E-state index contributed by atoms with van der Waals surface area (Å²) in [7, 11) is 1.61. The van der Waals surface area contributed by atoms with Gasteiger partial charge in [-0.1, -0.05) is 23.7 Å². The molecule has 0 aromatic heterocycles. The molecular formula is C17H17ClO3. The zero-order chi connectivity index (χ0) is 15.0. The Balaban J connectivity index is 1.92. The number of aliphatic hydroxyl groups is 1. The standard InChI is InChI=1S/C17H17ClO3/c1-10-3-4-11(7-14(10)18)17-9-15(19)13-8-12(20-2)5-6-16(13)21-17/h3-8,15,17,19H,9H2,1-2H3/t15-,17?/m0/s1. The Kier molecular flexibility index (Phi) is 3.79. The zero-order valence-corrected chi connectivity index (χ0v) is 12.7. The minimum atomic E-state index is -0.575. The second-order valence-electron chi connectivity index (χ2n) is 5.27. The molecule has 3 rings (SSSR count). The van der Waals surface area contributed by atoms with Crippen LogP contribution >= 0.6 is 11.6 Å². The van der Waals surface area contributed by atoms with Gasteiger partial charge in [-0.15, -0.1) is 0 Å². The van der Waals surface area contributed by atoms with Crippen LogP contribution in [0.5, 0.6) is 11.5 Å². The van der Waals surface area contributed by atoms with Gasteiger partial charge in [0.25, 0.3) is 0 Å². The number of benzene rings is 2. The fourth-order valence-corrected chi connectivity index (χ4v) is 2.75. The molecule has 1 aliphatic rings. The lowest BCUT2D eigenvalue weighted by molar-refractivity contribution is 0.0654. The van der Waals surface area contributed by atoms with E-state index in [-0.39, 0.29) is 6.10 Å². The highest BCUT2D eigenvalue weighted by molar-refractivity contribution is 6.31. The molecule has 2 atom stereocenters. The molecule has 0 spiro atoms. The van der Waals surface area contributed by atoms with Crippen LogP contribution in [0.1, 0.15) is 35.3 Å². The van der Waals surface area contributed by atoms with E-state index in [4.69, 9.17) is 21.1 Å². The zero-order valence-electron chi connectivity index (χ0n) is 12.0.